The van der Waals surface area contributed by atoms with Crippen molar-refractivity contribution < 1.29 is 4.74 Å². The van der Waals surface area contributed by atoms with E-state index in [4.69, 9.17) is 4.74 Å². The van der Waals surface area contributed by atoms with Crippen molar-refractivity contribution in [2.45, 2.75) is 84.0 Å². The van der Waals surface area contributed by atoms with Crippen LogP contribution in [-0.2, 0) is 4.74 Å². The summed E-state index contributed by atoms with van der Waals surface area (Å²) in [4.78, 5) is 7.02. The lowest BCUT2D eigenvalue weighted by Gasteiger charge is -2.63. The number of hydrogen-bond donors (Lipinski definition) is 2. The van der Waals surface area contributed by atoms with E-state index in [0.29, 0.717) is 35.6 Å². The maximum atomic E-state index is 6.02. The molecule has 144 valence electrons. The molecule has 3 fully saturated rings. The Morgan fingerprint density at radius 2 is 1.96 bits per heavy atom. The van der Waals surface area contributed by atoms with Crippen LogP contribution >= 0.6 is 0 Å². The first-order valence-corrected chi connectivity index (χ1v) is 10.3. The van der Waals surface area contributed by atoms with Crippen molar-refractivity contribution in [3.63, 3.8) is 0 Å². The van der Waals surface area contributed by atoms with Crippen LogP contribution in [0, 0.1) is 11.3 Å². The van der Waals surface area contributed by atoms with Gasteiger partial charge in [0.1, 0.15) is 0 Å². The molecular weight excluding hydrogens is 312 g/mol. The number of rotatable bonds is 7. The minimum atomic E-state index is 0.408. The van der Waals surface area contributed by atoms with Crippen LogP contribution in [0.1, 0.15) is 59.8 Å². The monoisotopic (exact) mass is 350 g/mol. The predicted molar refractivity (Wildman–Crippen MR) is 104 cm³/mol. The van der Waals surface area contributed by atoms with Gasteiger partial charge >= 0.3 is 0 Å². The van der Waals surface area contributed by atoms with Crippen LogP contribution in [0.4, 0.5) is 0 Å². The molecule has 0 aromatic carbocycles. The third-order valence-corrected chi connectivity index (χ3v) is 6.76. The summed E-state index contributed by atoms with van der Waals surface area (Å²) in [5.74, 6) is 1.67. The molecule has 1 heterocycles. The van der Waals surface area contributed by atoms with E-state index in [9.17, 15) is 0 Å². The second-order valence-electron chi connectivity index (χ2n) is 8.73. The Labute approximate surface area is 154 Å². The lowest BCUT2D eigenvalue weighted by Crippen LogP contribution is -2.72. The molecule has 0 radical (unpaired) electrons. The molecule has 2 saturated carbocycles. The number of nitrogens with zero attached hydrogens (tertiary/aromatic N) is 2. The molecule has 0 aromatic heterocycles. The third kappa shape index (κ3) is 3.55. The Bertz CT molecular complexity index is 464. The summed E-state index contributed by atoms with van der Waals surface area (Å²) < 4.78 is 6.02. The Morgan fingerprint density at radius 3 is 2.52 bits per heavy atom. The molecule has 2 N–H and O–H groups in total. The molecule has 0 amide bonds. The molecule has 5 nitrogen and oxygen atoms in total. The lowest BCUT2D eigenvalue weighted by atomic mass is 9.46. The molecule has 3 unspecified atom stereocenters. The maximum absolute atomic E-state index is 6.02. The van der Waals surface area contributed by atoms with Gasteiger partial charge in [-0.1, -0.05) is 6.42 Å². The quantitative estimate of drug-likeness (QED) is 0.421. The molecule has 0 bridgehead atoms. The van der Waals surface area contributed by atoms with Gasteiger partial charge in [-0.25, -0.2) is 0 Å². The summed E-state index contributed by atoms with van der Waals surface area (Å²) in [5.41, 5.74) is 0.408. The molecule has 1 saturated heterocycles. The molecule has 3 rings (SSSR count). The van der Waals surface area contributed by atoms with E-state index in [-0.39, 0.29) is 0 Å². The van der Waals surface area contributed by atoms with Gasteiger partial charge in [0, 0.05) is 56.2 Å². The van der Waals surface area contributed by atoms with Crippen LogP contribution in [0.3, 0.4) is 0 Å². The van der Waals surface area contributed by atoms with Gasteiger partial charge in [0.15, 0.2) is 5.96 Å². The van der Waals surface area contributed by atoms with Crippen LogP contribution in [0.2, 0.25) is 0 Å². The highest BCUT2D eigenvalue weighted by molar-refractivity contribution is 5.80. The molecule has 3 aliphatic rings. The van der Waals surface area contributed by atoms with E-state index in [2.05, 4.69) is 48.2 Å². The van der Waals surface area contributed by atoms with Crippen molar-refractivity contribution in [3.05, 3.63) is 0 Å². The van der Waals surface area contributed by atoms with Gasteiger partial charge in [-0.2, -0.15) is 0 Å². The van der Waals surface area contributed by atoms with E-state index < -0.39 is 0 Å². The highest BCUT2D eigenvalue weighted by Crippen LogP contribution is 2.62. The zero-order valence-electron chi connectivity index (χ0n) is 16.8. The van der Waals surface area contributed by atoms with Crippen molar-refractivity contribution in [3.8, 4) is 0 Å². The van der Waals surface area contributed by atoms with Crippen LogP contribution in [-0.4, -0.2) is 61.8 Å². The maximum Gasteiger partial charge on any atom is 0.191 e. The van der Waals surface area contributed by atoms with Gasteiger partial charge in [0.25, 0.3) is 0 Å². The Hall–Kier alpha value is -0.810. The van der Waals surface area contributed by atoms with Crippen molar-refractivity contribution in [1.82, 2.24) is 15.5 Å². The standard InChI is InChI=1S/C20H38N4O/c1-14(2)24(15(3)4)12-7-11-22-19(21-5)23-17-16-8-13-25-18(16)20(17)9-6-10-20/h14-18H,6-13H2,1-5H3,(H2,21,22,23). The van der Waals surface area contributed by atoms with E-state index in [1.54, 1.807) is 0 Å². The van der Waals surface area contributed by atoms with Gasteiger partial charge in [0.05, 0.1) is 6.10 Å². The van der Waals surface area contributed by atoms with Crippen molar-refractivity contribution in [1.29, 1.82) is 0 Å². The van der Waals surface area contributed by atoms with Crippen LogP contribution < -0.4 is 10.6 Å². The van der Waals surface area contributed by atoms with Crippen LogP contribution in [0.5, 0.6) is 0 Å². The number of hydrogen-bond acceptors (Lipinski definition) is 3. The topological polar surface area (TPSA) is 48.9 Å². The van der Waals surface area contributed by atoms with Gasteiger partial charge in [-0.15, -0.1) is 0 Å². The third-order valence-electron chi connectivity index (χ3n) is 6.76. The smallest absolute Gasteiger partial charge is 0.191 e. The summed E-state index contributed by atoms with van der Waals surface area (Å²) in [6, 6.07) is 1.76. The molecule has 0 aromatic rings. The molecule has 1 spiro atoms. The summed E-state index contributed by atoms with van der Waals surface area (Å²) in [6.45, 7) is 12.2. The van der Waals surface area contributed by atoms with Crippen molar-refractivity contribution in [2.24, 2.45) is 16.3 Å². The fourth-order valence-corrected chi connectivity index (χ4v) is 5.38. The highest BCUT2D eigenvalue weighted by Gasteiger charge is 2.66. The number of ether oxygens (including phenoxy) is 1. The van der Waals surface area contributed by atoms with E-state index in [1.807, 2.05) is 7.05 Å². The van der Waals surface area contributed by atoms with E-state index in [0.717, 1.165) is 32.1 Å². The summed E-state index contributed by atoms with van der Waals surface area (Å²) in [6.07, 6.45) is 6.86. The Morgan fingerprint density at radius 1 is 1.24 bits per heavy atom. The first-order valence-electron chi connectivity index (χ1n) is 10.3. The zero-order chi connectivity index (χ0) is 18.0. The molecule has 2 aliphatic carbocycles. The van der Waals surface area contributed by atoms with Gasteiger partial charge in [-0.3, -0.25) is 9.89 Å². The second kappa shape index (κ2) is 7.83. The molecule has 1 aliphatic heterocycles. The highest BCUT2D eigenvalue weighted by atomic mass is 16.5. The van der Waals surface area contributed by atoms with E-state index >= 15 is 0 Å². The number of nitrogens with one attached hydrogen (secondary N) is 2. The average molecular weight is 351 g/mol. The Balaban J connectivity index is 1.44. The largest absolute Gasteiger partial charge is 0.377 e. The summed E-state index contributed by atoms with van der Waals surface area (Å²) in [7, 11) is 1.89. The fraction of sp³-hybridized carbons (Fsp3) is 0.950. The number of guanidine groups is 1. The van der Waals surface area contributed by atoms with Crippen LogP contribution in [0.15, 0.2) is 4.99 Å². The Kier molecular flexibility index (Phi) is 5.94. The first kappa shape index (κ1) is 19.0. The lowest BCUT2D eigenvalue weighted by molar-refractivity contribution is -0.171. The average Bonchev–Trinajstić information content (AvgIpc) is 2.92. The van der Waals surface area contributed by atoms with Crippen molar-refractivity contribution >= 4 is 5.96 Å². The predicted octanol–water partition coefficient (Wildman–Crippen LogP) is 2.62. The minimum absolute atomic E-state index is 0.408. The number of aliphatic imine (C=N–C) groups is 1. The van der Waals surface area contributed by atoms with Crippen LogP contribution in [0.25, 0.3) is 0 Å². The fourth-order valence-electron chi connectivity index (χ4n) is 5.38. The summed E-state index contributed by atoms with van der Waals surface area (Å²) >= 11 is 0. The van der Waals surface area contributed by atoms with Gasteiger partial charge in [-0.05, 0) is 53.4 Å². The normalized spacial score (nSPS) is 30.6. The molecule has 3 atom stereocenters. The summed E-state index contributed by atoms with van der Waals surface area (Å²) in [5, 5.41) is 7.29. The second-order valence-corrected chi connectivity index (χ2v) is 8.73. The zero-order valence-corrected chi connectivity index (χ0v) is 16.8. The van der Waals surface area contributed by atoms with Gasteiger partial charge < -0.3 is 15.4 Å². The molecule has 5 heteroatoms. The minimum Gasteiger partial charge on any atom is -0.377 e. The van der Waals surface area contributed by atoms with Crippen molar-refractivity contribution in [2.75, 3.05) is 26.7 Å². The van der Waals surface area contributed by atoms with Gasteiger partial charge in [0.2, 0.25) is 0 Å². The number of fused-ring (bicyclic) bond motifs is 2. The first-order chi connectivity index (χ1) is 12.0. The van der Waals surface area contributed by atoms with E-state index in [1.165, 1.54) is 25.7 Å². The molecular formula is C20H38N4O. The molecule has 25 heavy (non-hydrogen) atoms. The SMILES string of the molecule is CN=C(NCCCN(C(C)C)C(C)C)NC1C2CCOC2C12CCC2.